The molecule has 5 nitrogen and oxygen atoms in total. The molecule has 0 aromatic carbocycles. The number of aromatic nitrogens is 1. The fraction of sp³-hybridized carbons (Fsp3) is 0.500. The SMILES string of the molecule is O=C(O)C1CCC(COCc2ccncc2)O1. The van der Waals surface area contributed by atoms with Gasteiger partial charge in [-0.05, 0) is 30.5 Å². The van der Waals surface area contributed by atoms with Gasteiger partial charge in [0, 0.05) is 12.4 Å². The Morgan fingerprint density at radius 2 is 2.24 bits per heavy atom. The Bertz CT molecular complexity index is 368. The van der Waals surface area contributed by atoms with Crippen molar-refractivity contribution in [2.45, 2.75) is 31.7 Å². The van der Waals surface area contributed by atoms with Crippen LogP contribution >= 0.6 is 0 Å². The van der Waals surface area contributed by atoms with Crippen molar-refractivity contribution in [3.8, 4) is 0 Å². The van der Waals surface area contributed by atoms with Gasteiger partial charge in [0.25, 0.3) is 0 Å². The van der Waals surface area contributed by atoms with Crippen molar-refractivity contribution in [3.63, 3.8) is 0 Å². The lowest BCUT2D eigenvalue weighted by atomic mass is 10.2. The van der Waals surface area contributed by atoms with Gasteiger partial charge < -0.3 is 14.6 Å². The van der Waals surface area contributed by atoms with Crippen LogP contribution in [0.25, 0.3) is 0 Å². The predicted molar refractivity (Wildman–Crippen MR) is 59.4 cm³/mol. The summed E-state index contributed by atoms with van der Waals surface area (Å²) in [6.07, 6.45) is 3.98. The van der Waals surface area contributed by atoms with Crippen LogP contribution in [0, 0.1) is 0 Å². The van der Waals surface area contributed by atoms with Gasteiger partial charge in [0.15, 0.2) is 6.10 Å². The second-order valence-electron chi connectivity index (χ2n) is 4.03. The molecule has 0 saturated carbocycles. The molecule has 1 N–H and O–H groups in total. The van der Waals surface area contributed by atoms with E-state index >= 15 is 0 Å². The van der Waals surface area contributed by atoms with Crippen LogP contribution in [0.2, 0.25) is 0 Å². The van der Waals surface area contributed by atoms with Crippen LogP contribution in [0.4, 0.5) is 0 Å². The minimum Gasteiger partial charge on any atom is -0.479 e. The van der Waals surface area contributed by atoms with Crippen LogP contribution in [0.5, 0.6) is 0 Å². The van der Waals surface area contributed by atoms with Crippen molar-refractivity contribution < 1.29 is 19.4 Å². The summed E-state index contributed by atoms with van der Waals surface area (Å²) in [4.78, 5) is 14.6. The topological polar surface area (TPSA) is 68.7 Å². The van der Waals surface area contributed by atoms with Gasteiger partial charge in [-0.2, -0.15) is 0 Å². The van der Waals surface area contributed by atoms with E-state index in [1.54, 1.807) is 12.4 Å². The van der Waals surface area contributed by atoms with Crippen LogP contribution in [0.3, 0.4) is 0 Å². The van der Waals surface area contributed by atoms with Crippen molar-refractivity contribution in [3.05, 3.63) is 30.1 Å². The molecule has 1 aliphatic rings. The Kier molecular flexibility index (Phi) is 4.06. The molecule has 0 amide bonds. The molecule has 2 unspecified atom stereocenters. The van der Waals surface area contributed by atoms with E-state index in [0.717, 1.165) is 12.0 Å². The number of nitrogens with zero attached hydrogens (tertiary/aromatic N) is 1. The lowest BCUT2D eigenvalue weighted by Crippen LogP contribution is -2.22. The number of pyridine rings is 1. The Labute approximate surface area is 99.4 Å². The number of ether oxygens (including phenoxy) is 2. The molecular weight excluding hydrogens is 222 g/mol. The molecule has 1 saturated heterocycles. The first kappa shape index (κ1) is 12.0. The maximum absolute atomic E-state index is 10.7. The molecule has 17 heavy (non-hydrogen) atoms. The number of carboxylic acid groups (broad SMARTS) is 1. The molecule has 1 fully saturated rings. The molecule has 0 bridgehead atoms. The van der Waals surface area contributed by atoms with Crippen LogP contribution in [-0.2, 0) is 20.9 Å². The molecule has 2 heterocycles. The van der Waals surface area contributed by atoms with Gasteiger partial charge in [-0.3, -0.25) is 4.98 Å². The normalized spacial score (nSPS) is 23.8. The summed E-state index contributed by atoms with van der Waals surface area (Å²) in [5.74, 6) is -0.887. The fourth-order valence-electron chi connectivity index (χ4n) is 1.80. The van der Waals surface area contributed by atoms with Gasteiger partial charge in [-0.15, -0.1) is 0 Å². The van der Waals surface area contributed by atoms with Gasteiger partial charge in [-0.25, -0.2) is 4.79 Å². The van der Waals surface area contributed by atoms with Crippen LogP contribution < -0.4 is 0 Å². The smallest absolute Gasteiger partial charge is 0.332 e. The average Bonchev–Trinajstić information content (AvgIpc) is 2.79. The maximum atomic E-state index is 10.7. The van der Waals surface area contributed by atoms with Crippen molar-refractivity contribution in [2.24, 2.45) is 0 Å². The number of carbonyl (C=O) groups is 1. The first-order chi connectivity index (χ1) is 8.25. The first-order valence-corrected chi connectivity index (χ1v) is 5.60. The van der Waals surface area contributed by atoms with Gasteiger partial charge >= 0.3 is 5.97 Å². The minimum atomic E-state index is -0.887. The quantitative estimate of drug-likeness (QED) is 0.834. The van der Waals surface area contributed by atoms with E-state index in [1.165, 1.54) is 0 Å². The third-order valence-corrected chi connectivity index (χ3v) is 2.70. The highest BCUT2D eigenvalue weighted by molar-refractivity contribution is 5.72. The van der Waals surface area contributed by atoms with Crippen molar-refractivity contribution in [2.75, 3.05) is 6.61 Å². The second-order valence-corrected chi connectivity index (χ2v) is 4.03. The summed E-state index contributed by atoms with van der Waals surface area (Å²) in [5, 5.41) is 8.76. The summed E-state index contributed by atoms with van der Waals surface area (Å²) < 4.78 is 10.8. The predicted octanol–water partition coefficient (Wildman–Crippen LogP) is 1.23. The molecule has 0 radical (unpaired) electrons. The van der Waals surface area contributed by atoms with Crippen molar-refractivity contribution in [1.82, 2.24) is 4.98 Å². The molecule has 0 aliphatic carbocycles. The molecule has 1 aliphatic heterocycles. The molecule has 1 aromatic heterocycles. The van der Waals surface area contributed by atoms with E-state index in [1.807, 2.05) is 12.1 Å². The Morgan fingerprint density at radius 1 is 1.47 bits per heavy atom. The zero-order valence-corrected chi connectivity index (χ0v) is 9.41. The van der Waals surface area contributed by atoms with E-state index in [9.17, 15) is 4.79 Å². The van der Waals surface area contributed by atoms with E-state index in [2.05, 4.69) is 4.98 Å². The monoisotopic (exact) mass is 237 g/mol. The van der Waals surface area contributed by atoms with Crippen LogP contribution in [0.15, 0.2) is 24.5 Å². The number of hydrogen-bond acceptors (Lipinski definition) is 4. The molecule has 0 spiro atoms. The summed E-state index contributed by atoms with van der Waals surface area (Å²) in [7, 11) is 0. The fourth-order valence-corrected chi connectivity index (χ4v) is 1.80. The van der Waals surface area contributed by atoms with Crippen molar-refractivity contribution in [1.29, 1.82) is 0 Å². The van der Waals surface area contributed by atoms with Crippen LogP contribution in [0.1, 0.15) is 18.4 Å². The zero-order valence-electron chi connectivity index (χ0n) is 9.41. The Hall–Kier alpha value is -1.46. The summed E-state index contributed by atoms with van der Waals surface area (Å²) in [5.41, 5.74) is 1.05. The maximum Gasteiger partial charge on any atom is 0.332 e. The molecule has 5 heteroatoms. The summed E-state index contributed by atoms with van der Waals surface area (Å²) in [6.45, 7) is 0.937. The second kappa shape index (κ2) is 5.75. The van der Waals surface area contributed by atoms with E-state index in [-0.39, 0.29) is 6.10 Å². The molecule has 2 atom stereocenters. The highest BCUT2D eigenvalue weighted by Crippen LogP contribution is 2.20. The number of rotatable bonds is 5. The van der Waals surface area contributed by atoms with Gasteiger partial charge in [0.1, 0.15) is 0 Å². The molecule has 1 aromatic rings. The lowest BCUT2D eigenvalue weighted by molar-refractivity contribution is -0.150. The third-order valence-electron chi connectivity index (χ3n) is 2.70. The van der Waals surface area contributed by atoms with Crippen molar-refractivity contribution >= 4 is 5.97 Å². The van der Waals surface area contributed by atoms with E-state index in [4.69, 9.17) is 14.6 Å². The lowest BCUT2D eigenvalue weighted by Gasteiger charge is -2.11. The number of aliphatic carboxylic acids is 1. The highest BCUT2D eigenvalue weighted by Gasteiger charge is 2.30. The van der Waals surface area contributed by atoms with Gasteiger partial charge in [-0.1, -0.05) is 0 Å². The third kappa shape index (κ3) is 3.51. The molecular formula is C12H15NO4. The minimum absolute atomic E-state index is 0.0991. The van der Waals surface area contributed by atoms with E-state index < -0.39 is 12.1 Å². The Balaban J connectivity index is 1.68. The number of hydrogen-bond donors (Lipinski definition) is 1. The average molecular weight is 237 g/mol. The van der Waals surface area contributed by atoms with Gasteiger partial charge in [0.05, 0.1) is 19.3 Å². The van der Waals surface area contributed by atoms with Crippen LogP contribution in [-0.4, -0.2) is 34.9 Å². The Morgan fingerprint density at radius 3 is 2.88 bits per heavy atom. The summed E-state index contributed by atoms with van der Waals surface area (Å²) in [6, 6.07) is 3.77. The summed E-state index contributed by atoms with van der Waals surface area (Å²) >= 11 is 0. The van der Waals surface area contributed by atoms with Gasteiger partial charge in [0.2, 0.25) is 0 Å². The first-order valence-electron chi connectivity index (χ1n) is 5.60. The molecule has 92 valence electrons. The standard InChI is InChI=1S/C12H15NO4/c14-12(15)11-2-1-10(17-11)8-16-7-9-3-5-13-6-4-9/h3-6,10-11H,1-2,7-8H2,(H,14,15). The zero-order chi connectivity index (χ0) is 12.1. The molecule has 2 rings (SSSR count). The number of carboxylic acids is 1. The largest absolute Gasteiger partial charge is 0.479 e. The van der Waals surface area contributed by atoms with E-state index in [0.29, 0.717) is 19.6 Å². The highest BCUT2D eigenvalue weighted by atomic mass is 16.6.